The quantitative estimate of drug-likeness (QED) is 0.913. The Hall–Kier alpha value is -1.46. The third-order valence-corrected chi connectivity index (χ3v) is 3.67. The summed E-state index contributed by atoms with van der Waals surface area (Å²) in [4.78, 5) is 6.29. The van der Waals surface area contributed by atoms with E-state index in [4.69, 9.17) is 0 Å². The Morgan fingerprint density at radius 3 is 2.55 bits per heavy atom. The van der Waals surface area contributed by atoms with Crippen molar-refractivity contribution in [3.63, 3.8) is 0 Å². The number of nitrogens with zero attached hydrogens (tertiary/aromatic N) is 2. The summed E-state index contributed by atoms with van der Waals surface area (Å²) in [7, 11) is 0. The van der Waals surface area contributed by atoms with E-state index in [1.165, 1.54) is 0 Å². The van der Waals surface area contributed by atoms with Gasteiger partial charge in [0.1, 0.15) is 11.6 Å². The molecule has 112 valence electrons. The lowest BCUT2D eigenvalue weighted by Gasteiger charge is -2.33. The van der Waals surface area contributed by atoms with Crippen LogP contribution in [0.25, 0.3) is 0 Å². The average Bonchev–Trinajstić information content (AvgIpc) is 2.68. The Labute approximate surface area is 117 Å². The number of pyridine rings is 1. The molecule has 0 bridgehead atoms. The highest BCUT2D eigenvalue weighted by Crippen LogP contribution is 2.37. The van der Waals surface area contributed by atoms with Gasteiger partial charge in [0.2, 0.25) is 0 Å². The van der Waals surface area contributed by atoms with Gasteiger partial charge in [0.15, 0.2) is 0 Å². The van der Waals surface area contributed by atoms with Crippen LogP contribution in [0.2, 0.25) is 0 Å². The highest BCUT2D eigenvalue weighted by Gasteiger charge is 2.36. The summed E-state index contributed by atoms with van der Waals surface area (Å²) in [5.74, 6) is 0.679. The Morgan fingerprint density at radius 1 is 1.35 bits per heavy atom. The second-order valence-electron chi connectivity index (χ2n) is 5.69. The molecule has 0 atom stereocenters. The van der Waals surface area contributed by atoms with Crippen molar-refractivity contribution < 1.29 is 13.2 Å². The fourth-order valence-corrected chi connectivity index (χ4v) is 2.62. The van der Waals surface area contributed by atoms with E-state index in [1.807, 2.05) is 25.7 Å². The zero-order chi connectivity index (χ0) is 15.0. The van der Waals surface area contributed by atoms with Gasteiger partial charge < -0.3 is 10.2 Å². The van der Waals surface area contributed by atoms with E-state index in [9.17, 15) is 13.2 Å². The van der Waals surface area contributed by atoms with Crippen molar-refractivity contribution in [2.75, 3.05) is 23.3 Å². The SMILES string of the molecule is CCNc1cc(C(F)(F)F)cc(N2CCCC2(C)C)n1. The number of alkyl halides is 3. The van der Waals surface area contributed by atoms with Crippen LogP contribution in [0.5, 0.6) is 0 Å². The summed E-state index contributed by atoms with van der Waals surface area (Å²) >= 11 is 0. The van der Waals surface area contributed by atoms with Gasteiger partial charge >= 0.3 is 6.18 Å². The van der Waals surface area contributed by atoms with Gasteiger partial charge in [0.25, 0.3) is 0 Å². The van der Waals surface area contributed by atoms with Crippen LogP contribution in [0, 0.1) is 0 Å². The van der Waals surface area contributed by atoms with Crippen LogP contribution in [0.4, 0.5) is 24.8 Å². The Morgan fingerprint density at radius 2 is 2.05 bits per heavy atom. The highest BCUT2D eigenvalue weighted by molar-refractivity contribution is 5.53. The first-order valence-corrected chi connectivity index (χ1v) is 6.85. The third-order valence-electron chi connectivity index (χ3n) is 3.67. The number of rotatable bonds is 3. The van der Waals surface area contributed by atoms with Crippen LogP contribution in [-0.2, 0) is 6.18 Å². The largest absolute Gasteiger partial charge is 0.416 e. The summed E-state index contributed by atoms with van der Waals surface area (Å²) in [6.45, 7) is 7.19. The minimum atomic E-state index is -4.36. The van der Waals surface area contributed by atoms with E-state index in [2.05, 4.69) is 10.3 Å². The Kier molecular flexibility index (Phi) is 3.84. The molecule has 0 unspecified atom stereocenters. The molecule has 1 aliphatic heterocycles. The number of nitrogens with one attached hydrogen (secondary N) is 1. The summed E-state index contributed by atoms with van der Waals surface area (Å²) in [6.07, 6.45) is -2.42. The molecule has 1 N–H and O–H groups in total. The lowest BCUT2D eigenvalue weighted by atomic mass is 10.0. The van der Waals surface area contributed by atoms with Gasteiger partial charge in [-0.25, -0.2) is 4.98 Å². The molecule has 0 spiro atoms. The lowest BCUT2D eigenvalue weighted by Crippen LogP contribution is -2.38. The van der Waals surface area contributed by atoms with Gasteiger partial charge in [0, 0.05) is 18.6 Å². The second-order valence-corrected chi connectivity index (χ2v) is 5.69. The van der Waals surface area contributed by atoms with Crippen molar-refractivity contribution in [1.29, 1.82) is 0 Å². The molecule has 0 saturated carbocycles. The molecule has 2 rings (SSSR count). The van der Waals surface area contributed by atoms with Crippen molar-refractivity contribution in [1.82, 2.24) is 4.98 Å². The molecular weight excluding hydrogens is 267 g/mol. The summed E-state index contributed by atoms with van der Waals surface area (Å²) in [5, 5.41) is 2.87. The molecule has 0 aromatic carbocycles. The highest BCUT2D eigenvalue weighted by atomic mass is 19.4. The molecule has 1 aromatic rings. The predicted molar refractivity (Wildman–Crippen MR) is 74.1 cm³/mol. The van der Waals surface area contributed by atoms with Crippen LogP contribution < -0.4 is 10.2 Å². The van der Waals surface area contributed by atoms with Gasteiger partial charge in [-0.15, -0.1) is 0 Å². The summed E-state index contributed by atoms with van der Waals surface area (Å²) < 4.78 is 39.0. The monoisotopic (exact) mass is 287 g/mol. The molecule has 2 heterocycles. The summed E-state index contributed by atoms with van der Waals surface area (Å²) in [5.41, 5.74) is -0.804. The molecule has 0 amide bonds. The average molecular weight is 287 g/mol. The standard InChI is InChI=1S/C14H20F3N3/c1-4-18-11-8-10(14(15,16)17)9-12(19-11)20-7-5-6-13(20,2)3/h8-9H,4-7H2,1-3H3,(H,18,19). The van der Waals surface area contributed by atoms with Crippen molar-refractivity contribution in [2.45, 2.75) is 45.3 Å². The first-order valence-electron chi connectivity index (χ1n) is 6.85. The zero-order valence-electron chi connectivity index (χ0n) is 12.0. The molecule has 0 aliphatic carbocycles. The molecule has 6 heteroatoms. The van der Waals surface area contributed by atoms with Gasteiger partial charge in [-0.1, -0.05) is 0 Å². The fourth-order valence-electron chi connectivity index (χ4n) is 2.62. The number of aromatic nitrogens is 1. The van der Waals surface area contributed by atoms with Crippen LogP contribution in [0.1, 0.15) is 39.2 Å². The maximum absolute atomic E-state index is 13.0. The molecule has 1 aromatic heterocycles. The van der Waals surface area contributed by atoms with E-state index in [0.29, 0.717) is 12.4 Å². The van der Waals surface area contributed by atoms with Gasteiger partial charge in [-0.2, -0.15) is 13.2 Å². The maximum atomic E-state index is 13.0. The first-order chi connectivity index (χ1) is 9.24. The molecular formula is C14H20F3N3. The molecule has 1 aliphatic rings. The fraction of sp³-hybridized carbons (Fsp3) is 0.643. The smallest absolute Gasteiger partial charge is 0.370 e. The third kappa shape index (κ3) is 2.99. The minimum absolute atomic E-state index is 0.152. The zero-order valence-corrected chi connectivity index (χ0v) is 12.0. The van der Waals surface area contributed by atoms with Gasteiger partial charge in [0.05, 0.1) is 5.56 Å². The lowest BCUT2D eigenvalue weighted by molar-refractivity contribution is -0.137. The van der Waals surface area contributed by atoms with E-state index in [-0.39, 0.29) is 11.4 Å². The van der Waals surface area contributed by atoms with E-state index in [0.717, 1.165) is 31.5 Å². The van der Waals surface area contributed by atoms with Crippen LogP contribution in [-0.4, -0.2) is 23.6 Å². The maximum Gasteiger partial charge on any atom is 0.416 e. The molecule has 1 saturated heterocycles. The minimum Gasteiger partial charge on any atom is -0.370 e. The topological polar surface area (TPSA) is 28.2 Å². The summed E-state index contributed by atoms with van der Waals surface area (Å²) in [6, 6.07) is 2.21. The molecule has 20 heavy (non-hydrogen) atoms. The van der Waals surface area contributed by atoms with E-state index in [1.54, 1.807) is 0 Å². The number of hydrogen-bond donors (Lipinski definition) is 1. The van der Waals surface area contributed by atoms with Gasteiger partial charge in [-0.3, -0.25) is 0 Å². The number of anilines is 2. The van der Waals surface area contributed by atoms with Crippen molar-refractivity contribution in [3.05, 3.63) is 17.7 Å². The van der Waals surface area contributed by atoms with Crippen molar-refractivity contribution in [2.24, 2.45) is 0 Å². The Bertz CT molecular complexity index is 483. The number of hydrogen-bond acceptors (Lipinski definition) is 3. The van der Waals surface area contributed by atoms with Crippen LogP contribution >= 0.6 is 0 Å². The predicted octanol–water partition coefficient (Wildman–Crippen LogP) is 3.91. The van der Waals surface area contributed by atoms with Crippen molar-refractivity contribution >= 4 is 11.6 Å². The van der Waals surface area contributed by atoms with Crippen molar-refractivity contribution in [3.8, 4) is 0 Å². The molecule has 1 fully saturated rings. The number of halogens is 3. The normalized spacial score (nSPS) is 18.4. The van der Waals surface area contributed by atoms with E-state index < -0.39 is 11.7 Å². The van der Waals surface area contributed by atoms with Gasteiger partial charge in [-0.05, 0) is 45.7 Å². The molecule has 3 nitrogen and oxygen atoms in total. The van der Waals surface area contributed by atoms with Crippen LogP contribution in [0.15, 0.2) is 12.1 Å². The van der Waals surface area contributed by atoms with Crippen LogP contribution in [0.3, 0.4) is 0 Å². The Balaban J connectivity index is 2.44. The first kappa shape index (κ1) is 14.9. The van der Waals surface area contributed by atoms with E-state index >= 15 is 0 Å². The second kappa shape index (κ2) is 5.14. The molecule has 0 radical (unpaired) electrons.